The van der Waals surface area contributed by atoms with E-state index in [4.69, 9.17) is 0 Å². The van der Waals surface area contributed by atoms with Crippen molar-refractivity contribution < 1.29 is 0 Å². The molecule has 0 saturated carbocycles. The van der Waals surface area contributed by atoms with E-state index in [0.29, 0.717) is 0 Å². The Labute approximate surface area is 435 Å². The average Bonchev–Trinajstić information content (AvgIpc) is 3.99. The summed E-state index contributed by atoms with van der Waals surface area (Å²) >= 11 is 0. The third-order valence-corrected chi connectivity index (χ3v) is 21.1. The summed E-state index contributed by atoms with van der Waals surface area (Å²) in [5, 5.41) is 8.18. The fourth-order valence-corrected chi connectivity index (χ4v) is 17.9. The predicted octanol–water partition coefficient (Wildman–Crippen LogP) is 16.0. The van der Waals surface area contributed by atoms with Crippen molar-refractivity contribution in [2.75, 3.05) is 4.90 Å². The van der Waals surface area contributed by atoms with Gasteiger partial charge in [-0.15, -0.1) is 0 Å². The van der Waals surface area contributed by atoms with Gasteiger partial charge in [0, 0.05) is 22.4 Å². The maximum Gasteiger partial charge on any atom is 0.180 e. The molecule has 0 saturated heterocycles. The lowest BCUT2D eigenvalue weighted by Gasteiger charge is -2.32. The highest BCUT2D eigenvalue weighted by atomic mass is 28.3. The maximum absolute atomic E-state index is 2.70. The molecule has 1 heterocycles. The number of anilines is 3. The highest BCUT2D eigenvalue weighted by molar-refractivity contribution is 7.22. The van der Waals surface area contributed by atoms with Crippen LogP contribution < -0.4 is 25.6 Å². The van der Waals surface area contributed by atoms with Gasteiger partial charge in [-0.1, -0.05) is 249 Å². The zero-order valence-corrected chi connectivity index (χ0v) is 42.2. The maximum atomic E-state index is 2.51. The van der Waals surface area contributed by atoms with Crippen LogP contribution in [0.5, 0.6) is 0 Å². The number of hydrogen-bond donors (Lipinski definition) is 0. The van der Waals surface area contributed by atoms with E-state index in [2.05, 4.69) is 303 Å². The van der Waals surface area contributed by atoms with E-state index in [1.165, 1.54) is 92.7 Å². The minimum atomic E-state index is -2.70. The molecule has 74 heavy (non-hydrogen) atoms. The van der Waals surface area contributed by atoms with Gasteiger partial charge in [-0.25, -0.2) is 0 Å². The van der Waals surface area contributed by atoms with Crippen LogP contribution in [0, 0.1) is 0 Å². The first kappa shape index (κ1) is 43.7. The van der Waals surface area contributed by atoms with Crippen LogP contribution >= 0.6 is 0 Å². The largest absolute Gasteiger partial charge is 0.310 e. The molecule has 1 aliphatic carbocycles. The van der Waals surface area contributed by atoms with E-state index in [9.17, 15) is 0 Å². The van der Waals surface area contributed by atoms with E-state index in [-0.39, 0.29) is 5.41 Å². The molecule has 0 N–H and O–H groups in total. The molecule has 0 fully saturated rings. The second-order valence-electron chi connectivity index (χ2n) is 20.1. The Bertz CT molecular complexity index is 4040. The molecule has 0 spiro atoms. The molecule has 1 unspecified atom stereocenters. The summed E-state index contributed by atoms with van der Waals surface area (Å²) < 4.78 is 0. The van der Waals surface area contributed by atoms with Gasteiger partial charge in [0.15, 0.2) is 8.07 Å². The second kappa shape index (κ2) is 17.6. The molecule has 0 bridgehead atoms. The lowest BCUT2D eigenvalue weighted by atomic mass is 9.74. The number of rotatable bonds is 9. The van der Waals surface area contributed by atoms with Crippen molar-refractivity contribution in [1.82, 2.24) is 0 Å². The highest BCUT2D eigenvalue weighted by Crippen LogP contribution is 2.54. The van der Waals surface area contributed by atoms with Gasteiger partial charge in [0.05, 0.1) is 5.69 Å². The third-order valence-electron chi connectivity index (χ3n) is 16.2. The summed E-state index contributed by atoms with van der Waals surface area (Å²) in [6.07, 6.45) is 0. The monoisotopic (exact) mass is 957 g/mol. The summed E-state index contributed by atoms with van der Waals surface area (Å²) in [6.45, 7) is 2.41. The molecule has 14 rings (SSSR count). The fourth-order valence-electron chi connectivity index (χ4n) is 12.7. The van der Waals surface area contributed by atoms with Gasteiger partial charge >= 0.3 is 0 Å². The topological polar surface area (TPSA) is 3.24 Å². The smallest absolute Gasteiger partial charge is 0.180 e. The molecule has 1 aliphatic heterocycles. The molecule has 0 radical (unpaired) electrons. The molecule has 12 aromatic carbocycles. The minimum absolute atomic E-state index is 0.354. The summed E-state index contributed by atoms with van der Waals surface area (Å²) in [7, 11) is -2.70. The highest BCUT2D eigenvalue weighted by Gasteiger charge is 2.48. The van der Waals surface area contributed by atoms with Crippen molar-refractivity contribution in [3.05, 3.63) is 308 Å². The Balaban J connectivity index is 0.962. The Morgan fingerprint density at radius 3 is 1.57 bits per heavy atom. The van der Waals surface area contributed by atoms with Crippen LogP contribution in [0.1, 0.15) is 23.6 Å². The SMILES string of the molecule is CC1(c2ccccc2)c2ccccc2-c2ccc(N(c3ccc(-c4ccc5ccccc5c4)cc3)c3ccc(-c4cccc([Si]5(c6ccccc6)c6ccccc6-c6ccccc65)c4)cc3-c3ccccc3)cc21. The molecule has 1 nitrogen and oxygen atoms in total. The summed E-state index contributed by atoms with van der Waals surface area (Å²) in [5.74, 6) is 0. The van der Waals surface area contributed by atoms with Crippen LogP contribution in [0.25, 0.3) is 66.4 Å². The van der Waals surface area contributed by atoms with Crippen LogP contribution in [0.2, 0.25) is 0 Å². The Kier molecular flexibility index (Phi) is 10.4. The van der Waals surface area contributed by atoms with E-state index in [1.54, 1.807) is 0 Å². The quantitative estimate of drug-likeness (QED) is 0.130. The minimum Gasteiger partial charge on any atom is -0.310 e. The number of fused-ring (bicyclic) bond motifs is 7. The van der Waals surface area contributed by atoms with Gasteiger partial charge < -0.3 is 4.90 Å². The van der Waals surface area contributed by atoms with Gasteiger partial charge in [-0.05, 0) is 148 Å². The lowest BCUT2D eigenvalue weighted by Crippen LogP contribution is -2.72. The summed E-state index contributed by atoms with van der Waals surface area (Å²) in [6, 6.07) is 109. The molecule has 0 amide bonds. The molecule has 2 heteroatoms. The second-order valence-corrected chi connectivity index (χ2v) is 23.8. The number of nitrogens with zero attached hydrogens (tertiary/aromatic N) is 1. The Morgan fingerprint density at radius 2 is 0.824 bits per heavy atom. The lowest BCUT2D eigenvalue weighted by molar-refractivity contribution is 0.714. The van der Waals surface area contributed by atoms with Gasteiger partial charge in [0.25, 0.3) is 0 Å². The van der Waals surface area contributed by atoms with Crippen LogP contribution in [-0.4, -0.2) is 8.07 Å². The van der Waals surface area contributed by atoms with Crippen LogP contribution in [0.15, 0.2) is 291 Å². The van der Waals surface area contributed by atoms with Crippen LogP contribution in [0.3, 0.4) is 0 Å². The van der Waals surface area contributed by atoms with Crippen LogP contribution in [0.4, 0.5) is 17.1 Å². The van der Waals surface area contributed by atoms with Crippen molar-refractivity contribution in [1.29, 1.82) is 0 Å². The first-order valence-electron chi connectivity index (χ1n) is 25.8. The van der Waals surface area contributed by atoms with E-state index in [0.717, 1.165) is 28.2 Å². The molecule has 348 valence electrons. The van der Waals surface area contributed by atoms with Crippen molar-refractivity contribution in [3.63, 3.8) is 0 Å². The van der Waals surface area contributed by atoms with Crippen molar-refractivity contribution in [2.45, 2.75) is 12.3 Å². The van der Waals surface area contributed by atoms with Crippen molar-refractivity contribution in [3.8, 4) is 55.6 Å². The van der Waals surface area contributed by atoms with Crippen molar-refractivity contribution in [2.24, 2.45) is 0 Å². The first-order chi connectivity index (χ1) is 36.6. The summed E-state index contributed by atoms with van der Waals surface area (Å²) in [5.41, 5.74) is 19.3. The van der Waals surface area contributed by atoms with E-state index >= 15 is 0 Å². The number of benzene rings is 12. The molecule has 0 aromatic heterocycles. The molecular weight excluding hydrogens is 907 g/mol. The van der Waals surface area contributed by atoms with E-state index < -0.39 is 8.07 Å². The number of hydrogen-bond acceptors (Lipinski definition) is 1. The van der Waals surface area contributed by atoms with Crippen LogP contribution in [-0.2, 0) is 5.41 Å². The fraction of sp³-hybridized carbons (Fsp3) is 0.0278. The average molecular weight is 958 g/mol. The van der Waals surface area contributed by atoms with E-state index in [1.807, 2.05) is 0 Å². The molecule has 1 atom stereocenters. The first-order valence-corrected chi connectivity index (χ1v) is 27.8. The van der Waals surface area contributed by atoms with Crippen molar-refractivity contribution >= 4 is 56.7 Å². The molecular formula is C72H51NSi. The Hall–Kier alpha value is -9.08. The summed E-state index contributed by atoms with van der Waals surface area (Å²) in [4.78, 5) is 2.49. The normalized spacial score (nSPS) is 14.7. The van der Waals surface area contributed by atoms with Gasteiger partial charge in [-0.3, -0.25) is 0 Å². The van der Waals surface area contributed by atoms with Gasteiger partial charge in [0.1, 0.15) is 0 Å². The molecule has 2 aliphatic rings. The molecule has 12 aromatic rings. The zero-order valence-electron chi connectivity index (χ0n) is 41.2. The van der Waals surface area contributed by atoms with Gasteiger partial charge in [-0.2, -0.15) is 0 Å². The Morgan fingerprint density at radius 1 is 0.297 bits per heavy atom. The predicted molar refractivity (Wildman–Crippen MR) is 315 cm³/mol. The zero-order chi connectivity index (χ0) is 49.2. The third kappa shape index (κ3) is 6.83. The van der Waals surface area contributed by atoms with Gasteiger partial charge in [0.2, 0.25) is 0 Å². The standard InChI is InChI=1S/C72H51NSi/c1-72(57-25-7-3-8-26-57)67-33-16-13-30-62(67)63-44-43-59(49-68(63)72)73(58-41-38-51(39-42-58)55-37-36-50-20-11-12-23-53(50)46-55)69-45-40-56(48-66(69)52-21-5-2-6-22-52)54-24-19-29-61(47-54)74(60-27-9-4-10-28-60)70-34-17-14-31-64(70)65-32-15-18-35-71(65)74/h2-49H,1H3.